The Hall–Kier alpha value is -1.42. The molecule has 0 aromatic heterocycles. The van der Waals surface area contributed by atoms with Crippen LogP contribution in [-0.2, 0) is 10.0 Å². The van der Waals surface area contributed by atoms with Gasteiger partial charge in [0.25, 0.3) is 0 Å². The average Bonchev–Trinajstić information content (AvgIpc) is 2.38. The van der Waals surface area contributed by atoms with Crippen LogP contribution in [-0.4, -0.2) is 25.7 Å². The normalized spacial score (nSPS) is 16.7. The zero-order valence-electron chi connectivity index (χ0n) is 11.8. The van der Waals surface area contributed by atoms with Crippen molar-refractivity contribution < 1.29 is 17.9 Å². The van der Waals surface area contributed by atoms with Crippen LogP contribution in [0.3, 0.4) is 0 Å². The molecule has 0 unspecified atom stereocenters. The molecule has 1 aliphatic carbocycles. The molecule has 1 aliphatic rings. The van der Waals surface area contributed by atoms with Crippen molar-refractivity contribution in [2.75, 3.05) is 6.61 Å². The van der Waals surface area contributed by atoms with Gasteiger partial charge >= 0.3 is 0 Å². The fourth-order valence-corrected chi connectivity index (χ4v) is 3.65. The monoisotopic (exact) mass is 311 g/mol. The Labute approximate surface area is 124 Å². The second kappa shape index (κ2) is 6.14. The first-order valence-electron chi connectivity index (χ1n) is 6.80. The van der Waals surface area contributed by atoms with Crippen LogP contribution in [0.15, 0.2) is 23.1 Å². The highest BCUT2D eigenvalue weighted by Gasteiger charge is 2.36. The third-order valence-electron chi connectivity index (χ3n) is 3.55. The van der Waals surface area contributed by atoms with E-state index in [-0.39, 0.29) is 23.5 Å². The summed E-state index contributed by atoms with van der Waals surface area (Å²) in [7, 11) is -3.72. The van der Waals surface area contributed by atoms with Crippen LogP contribution < -0.4 is 4.72 Å². The zero-order chi connectivity index (χ0) is 15.5. The van der Waals surface area contributed by atoms with Gasteiger partial charge in [-0.1, -0.05) is 11.8 Å². The number of hydrogen-bond acceptors (Lipinski definition) is 3. The minimum Gasteiger partial charge on any atom is -0.395 e. The molecule has 0 atom stereocenters. The molecule has 0 aliphatic heterocycles. The van der Waals surface area contributed by atoms with Gasteiger partial charge in [0.05, 0.1) is 17.1 Å². The quantitative estimate of drug-likeness (QED) is 0.833. The lowest BCUT2D eigenvalue weighted by molar-refractivity contribution is 0.248. The summed E-state index contributed by atoms with van der Waals surface area (Å²) in [6, 6.07) is 3.67. The van der Waals surface area contributed by atoms with Crippen LogP contribution >= 0.6 is 0 Å². The molecule has 0 heterocycles. The molecule has 1 saturated carbocycles. The highest BCUT2D eigenvalue weighted by molar-refractivity contribution is 7.89. The molecule has 1 aromatic rings. The lowest BCUT2D eigenvalue weighted by Gasteiger charge is -2.38. The van der Waals surface area contributed by atoms with Crippen molar-refractivity contribution in [2.24, 2.45) is 0 Å². The second-order valence-corrected chi connectivity index (χ2v) is 7.12. The minimum absolute atomic E-state index is 0.0937. The topological polar surface area (TPSA) is 66.4 Å². The van der Waals surface area contributed by atoms with E-state index in [0.717, 1.165) is 25.3 Å². The molecule has 0 amide bonds. The Morgan fingerprint density at radius 1 is 1.43 bits per heavy atom. The van der Waals surface area contributed by atoms with Gasteiger partial charge < -0.3 is 5.11 Å². The zero-order valence-corrected chi connectivity index (χ0v) is 12.6. The predicted molar refractivity (Wildman–Crippen MR) is 77.6 cm³/mol. The summed E-state index contributed by atoms with van der Waals surface area (Å²) in [5.74, 6) is 4.49. The third kappa shape index (κ3) is 3.82. The van der Waals surface area contributed by atoms with E-state index >= 15 is 0 Å². The van der Waals surface area contributed by atoms with E-state index in [1.165, 1.54) is 12.1 Å². The van der Waals surface area contributed by atoms with E-state index < -0.39 is 21.4 Å². The molecule has 1 fully saturated rings. The second-order valence-electron chi connectivity index (χ2n) is 5.44. The number of sulfonamides is 1. The molecule has 2 rings (SSSR count). The van der Waals surface area contributed by atoms with Crippen molar-refractivity contribution in [3.05, 3.63) is 29.6 Å². The van der Waals surface area contributed by atoms with Gasteiger partial charge in [0, 0.05) is 12.0 Å². The Balaban J connectivity index is 2.21. The van der Waals surface area contributed by atoms with Crippen LogP contribution in [0.5, 0.6) is 0 Å². The van der Waals surface area contributed by atoms with Crippen molar-refractivity contribution in [3.63, 3.8) is 0 Å². The maximum absolute atomic E-state index is 13.9. The molecule has 2 N–H and O–H groups in total. The summed E-state index contributed by atoms with van der Waals surface area (Å²) in [6.07, 6.45) is 2.82. The van der Waals surface area contributed by atoms with Gasteiger partial charge in [0.1, 0.15) is 5.82 Å². The van der Waals surface area contributed by atoms with Gasteiger partial charge in [-0.25, -0.2) is 17.5 Å². The summed E-state index contributed by atoms with van der Waals surface area (Å²) in [4.78, 5) is -0.0965. The molecule has 114 valence electrons. The molecule has 0 spiro atoms. The van der Waals surface area contributed by atoms with E-state index in [4.69, 9.17) is 5.11 Å². The van der Waals surface area contributed by atoms with E-state index in [1.54, 1.807) is 0 Å². The third-order valence-corrected chi connectivity index (χ3v) is 5.18. The van der Waals surface area contributed by atoms with E-state index in [9.17, 15) is 12.8 Å². The Morgan fingerprint density at radius 2 is 2.14 bits per heavy atom. The maximum atomic E-state index is 13.9. The van der Waals surface area contributed by atoms with Gasteiger partial charge in [0.2, 0.25) is 10.0 Å². The van der Waals surface area contributed by atoms with Gasteiger partial charge in [0.15, 0.2) is 0 Å². The van der Waals surface area contributed by atoms with E-state index in [0.29, 0.717) is 0 Å². The van der Waals surface area contributed by atoms with Crippen molar-refractivity contribution in [2.45, 2.75) is 43.0 Å². The molecule has 21 heavy (non-hydrogen) atoms. The Bertz CT molecular complexity index is 685. The number of rotatable bonds is 4. The number of benzene rings is 1. The molecule has 0 radical (unpaired) electrons. The Morgan fingerprint density at radius 3 is 2.67 bits per heavy atom. The predicted octanol–water partition coefficient (Wildman–Crippen LogP) is 1.78. The number of aliphatic hydroxyl groups excluding tert-OH is 1. The van der Waals surface area contributed by atoms with Crippen LogP contribution in [0.2, 0.25) is 0 Å². The summed E-state index contributed by atoms with van der Waals surface area (Å²) < 4.78 is 40.9. The first-order valence-corrected chi connectivity index (χ1v) is 8.28. The standard InChI is InChI=1S/C15H18FNO3S/c1-15(8-4-9-15)17-21(19,20)13-7-6-12(14(16)11-13)5-2-3-10-18/h6-7,11,17-18H,3-4,8-10H2,1H3. The molecule has 6 heteroatoms. The van der Waals surface area contributed by atoms with Gasteiger partial charge in [-0.3, -0.25) is 0 Å². The maximum Gasteiger partial charge on any atom is 0.241 e. The molecule has 4 nitrogen and oxygen atoms in total. The average molecular weight is 311 g/mol. The van der Waals surface area contributed by atoms with Gasteiger partial charge in [-0.15, -0.1) is 0 Å². The first-order chi connectivity index (χ1) is 9.86. The van der Waals surface area contributed by atoms with Gasteiger partial charge in [-0.05, 0) is 44.4 Å². The minimum atomic E-state index is -3.72. The summed E-state index contributed by atoms with van der Waals surface area (Å²) in [6.45, 7) is 1.75. The summed E-state index contributed by atoms with van der Waals surface area (Å²) in [5, 5.41) is 8.62. The van der Waals surface area contributed by atoms with Crippen molar-refractivity contribution in [3.8, 4) is 11.8 Å². The number of hydrogen-bond donors (Lipinski definition) is 2. The lowest BCUT2D eigenvalue weighted by Crippen LogP contribution is -2.50. The fraction of sp³-hybridized carbons (Fsp3) is 0.467. The van der Waals surface area contributed by atoms with Gasteiger partial charge in [-0.2, -0.15) is 0 Å². The van der Waals surface area contributed by atoms with Crippen LogP contribution in [0.1, 0.15) is 38.2 Å². The SMILES string of the molecule is CC1(NS(=O)(=O)c2ccc(C#CCCO)c(F)c2)CCC1. The van der Waals surface area contributed by atoms with Crippen molar-refractivity contribution in [1.29, 1.82) is 0 Å². The van der Waals surface area contributed by atoms with Crippen LogP contribution in [0, 0.1) is 17.7 Å². The molecule has 1 aromatic carbocycles. The molecule has 0 saturated heterocycles. The lowest BCUT2D eigenvalue weighted by atomic mass is 9.80. The van der Waals surface area contributed by atoms with Crippen molar-refractivity contribution in [1.82, 2.24) is 4.72 Å². The Kier molecular flexibility index (Phi) is 4.67. The number of aliphatic hydroxyl groups is 1. The highest BCUT2D eigenvalue weighted by atomic mass is 32.2. The molecular weight excluding hydrogens is 293 g/mol. The largest absolute Gasteiger partial charge is 0.395 e. The highest BCUT2D eigenvalue weighted by Crippen LogP contribution is 2.32. The molecular formula is C15H18FNO3S. The number of nitrogens with one attached hydrogen (secondary N) is 1. The van der Waals surface area contributed by atoms with Crippen molar-refractivity contribution >= 4 is 10.0 Å². The summed E-state index contributed by atoms with van der Waals surface area (Å²) in [5.41, 5.74) is -0.299. The van der Waals surface area contributed by atoms with Crippen LogP contribution in [0.4, 0.5) is 4.39 Å². The first kappa shape index (κ1) is 16.0. The number of halogens is 1. The van der Waals surface area contributed by atoms with E-state index in [2.05, 4.69) is 16.6 Å². The smallest absolute Gasteiger partial charge is 0.241 e. The molecule has 0 bridgehead atoms. The fourth-order valence-electron chi connectivity index (χ4n) is 2.17. The van der Waals surface area contributed by atoms with Crippen LogP contribution in [0.25, 0.3) is 0 Å². The summed E-state index contributed by atoms with van der Waals surface area (Å²) >= 11 is 0. The van der Waals surface area contributed by atoms with E-state index in [1.807, 2.05) is 6.92 Å².